The normalized spacial score (nSPS) is 14.0. The smallest absolute Gasteiger partial charge is 0.137 e. The Bertz CT molecular complexity index is 2750. The third-order valence-corrected chi connectivity index (χ3v) is 11.6. The molecule has 53 heavy (non-hydrogen) atoms. The van der Waals surface area contributed by atoms with E-state index in [9.17, 15) is 0 Å². The topological polar surface area (TPSA) is 14.2 Å². The fourth-order valence-electron chi connectivity index (χ4n) is 8.86. The highest BCUT2D eigenvalue weighted by molar-refractivity contribution is 6.12. The molecule has 1 aliphatic heterocycles. The van der Waals surface area contributed by atoms with Gasteiger partial charge in [-0.3, -0.25) is 0 Å². The van der Waals surface area contributed by atoms with Gasteiger partial charge in [0.05, 0.1) is 11.0 Å². The highest BCUT2D eigenvalue weighted by Gasteiger charge is 2.36. The molecule has 0 amide bonds. The number of ether oxygens (including phenoxy) is 1. The summed E-state index contributed by atoms with van der Waals surface area (Å²) in [5, 5.41) is 2.55. The third-order valence-electron chi connectivity index (χ3n) is 11.6. The molecule has 0 atom stereocenters. The first-order valence-corrected chi connectivity index (χ1v) is 18.7. The molecule has 1 aromatic heterocycles. The van der Waals surface area contributed by atoms with Crippen LogP contribution in [0.2, 0.25) is 0 Å². The van der Waals surface area contributed by atoms with Crippen molar-refractivity contribution in [3.05, 3.63) is 197 Å². The monoisotopic (exact) mass is 683 g/mol. The molecule has 0 saturated carbocycles. The van der Waals surface area contributed by atoms with Gasteiger partial charge >= 0.3 is 0 Å². The van der Waals surface area contributed by atoms with Gasteiger partial charge in [0.1, 0.15) is 11.5 Å². The van der Waals surface area contributed by atoms with Gasteiger partial charge in [-0.1, -0.05) is 144 Å². The molecular formula is C51H41NO. The Labute approximate surface area is 311 Å². The Hall–Kier alpha value is -6.12. The minimum absolute atomic E-state index is 0.0267. The molecule has 2 aliphatic rings. The Morgan fingerprint density at radius 2 is 1.13 bits per heavy atom. The predicted molar refractivity (Wildman–Crippen MR) is 221 cm³/mol. The van der Waals surface area contributed by atoms with Gasteiger partial charge in [-0.15, -0.1) is 0 Å². The van der Waals surface area contributed by atoms with Crippen LogP contribution < -0.4 is 4.74 Å². The van der Waals surface area contributed by atoms with Crippen molar-refractivity contribution in [2.45, 2.75) is 45.4 Å². The average Bonchev–Trinajstić information content (AvgIpc) is 3.61. The summed E-state index contributed by atoms with van der Waals surface area (Å²) in [7, 11) is 0. The molecule has 0 unspecified atom stereocenters. The maximum atomic E-state index is 6.86. The van der Waals surface area contributed by atoms with Crippen LogP contribution in [-0.4, -0.2) is 4.57 Å². The summed E-state index contributed by atoms with van der Waals surface area (Å²) >= 11 is 0. The number of hydrogen-bond donors (Lipinski definition) is 0. The minimum Gasteiger partial charge on any atom is -0.456 e. The molecule has 10 rings (SSSR count). The van der Waals surface area contributed by atoms with Gasteiger partial charge in [-0.05, 0) is 92.4 Å². The lowest BCUT2D eigenvalue weighted by Crippen LogP contribution is -2.15. The quantitative estimate of drug-likeness (QED) is 0.181. The van der Waals surface area contributed by atoms with Crippen molar-refractivity contribution in [2.24, 2.45) is 0 Å². The van der Waals surface area contributed by atoms with E-state index < -0.39 is 0 Å². The molecule has 2 nitrogen and oxygen atoms in total. The lowest BCUT2D eigenvalue weighted by atomic mass is 9.82. The highest BCUT2D eigenvalue weighted by atomic mass is 16.5. The Morgan fingerprint density at radius 3 is 1.85 bits per heavy atom. The summed E-state index contributed by atoms with van der Waals surface area (Å²) in [4.78, 5) is 0. The van der Waals surface area contributed by atoms with E-state index in [0.717, 1.165) is 28.3 Å². The van der Waals surface area contributed by atoms with Crippen LogP contribution in [0.5, 0.6) is 11.5 Å². The van der Waals surface area contributed by atoms with Gasteiger partial charge in [0.15, 0.2) is 0 Å². The van der Waals surface area contributed by atoms with Gasteiger partial charge in [-0.25, -0.2) is 0 Å². The molecule has 0 N–H and O–H groups in total. The van der Waals surface area contributed by atoms with Crippen molar-refractivity contribution in [1.82, 2.24) is 4.57 Å². The van der Waals surface area contributed by atoms with E-state index >= 15 is 0 Å². The van der Waals surface area contributed by atoms with Gasteiger partial charge in [0, 0.05) is 44.6 Å². The van der Waals surface area contributed by atoms with Gasteiger partial charge in [0.25, 0.3) is 0 Å². The van der Waals surface area contributed by atoms with Crippen molar-refractivity contribution < 1.29 is 4.74 Å². The van der Waals surface area contributed by atoms with E-state index in [-0.39, 0.29) is 10.8 Å². The van der Waals surface area contributed by atoms with Crippen LogP contribution in [0.3, 0.4) is 0 Å². The van der Waals surface area contributed by atoms with Gasteiger partial charge in [-0.2, -0.15) is 0 Å². The number of rotatable bonds is 3. The van der Waals surface area contributed by atoms with Crippen molar-refractivity contribution >= 4 is 33.0 Å². The van der Waals surface area contributed by atoms with E-state index in [2.05, 4.69) is 197 Å². The summed E-state index contributed by atoms with van der Waals surface area (Å²) in [5.41, 5.74) is 17.1. The fraction of sp³-hybridized carbons (Fsp3) is 0.137. The second-order valence-corrected chi connectivity index (χ2v) is 16.2. The van der Waals surface area contributed by atoms with Crippen molar-refractivity contribution in [3.8, 4) is 28.3 Å². The average molecular weight is 684 g/mol. The van der Waals surface area contributed by atoms with Crippen molar-refractivity contribution in [1.29, 1.82) is 0 Å². The van der Waals surface area contributed by atoms with E-state index in [1.807, 2.05) is 0 Å². The molecular weight excluding hydrogens is 643 g/mol. The summed E-state index contributed by atoms with van der Waals surface area (Å²) in [6.07, 6.45) is 0. The minimum atomic E-state index is -0.106. The molecule has 1 aliphatic carbocycles. The Balaban J connectivity index is 1.26. The van der Waals surface area contributed by atoms with Crippen molar-refractivity contribution in [3.63, 3.8) is 0 Å². The zero-order valence-corrected chi connectivity index (χ0v) is 30.9. The van der Waals surface area contributed by atoms with Crippen LogP contribution in [0, 0.1) is 0 Å². The molecule has 2 heteroatoms. The van der Waals surface area contributed by atoms with Crippen LogP contribution in [0.1, 0.15) is 73.6 Å². The molecule has 0 fully saturated rings. The zero-order chi connectivity index (χ0) is 36.1. The lowest BCUT2D eigenvalue weighted by molar-refractivity contribution is 0.474. The maximum absolute atomic E-state index is 6.86. The first kappa shape index (κ1) is 31.6. The zero-order valence-electron chi connectivity index (χ0n) is 30.9. The molecule has 0 spiro atoms. The van der Waals surface area contributed by atoms with Crippen LogP contribution in [0.4, 0.5) is 0 Å². The van der Waals surface area contributed by atoms with Gasteiger partial charge < -0.3 is 9.30 Å². The Morgan fingerprint density at radius 1 is 0.509 bits per heavy atom. The number of fused-ring (bicyclic) bond motifs is 8. The molecule has 0 saturated heterocycles. The number of nitrogens with zero attached hydrogens (tertiary/aromatic N) is 1. The number of aromatic nitrogens is 1. The molecule has 0 radical (unpaired) electrons. The summed E-state index contributed by atoms with van der Waals surface area (Å²) in [6, 6.07) is 57.7. The standard InChI is InChI=1S/C51H41NO/c1-50(2,3)34-24-27-44-40(28-34)41-30-39-36-20-12-14-22-42(36)51(4,5)43(39)31-45(41)52(44)35-25-26-38-47(29-35)53-46-23-15-13-21-37(46)49(38)48(32-16-8-6-9-17-32)33-18-10-7-11-19-33/h6-31H,1-5H3. The second kappa shape index (κ2) is 11.4. The van der Waals surface area contributed by atoms with Crippen LogP contribution in [0.15, 0.2) is 158 Å². The lowest BCUT2D eigenvalue weighted by Gasteiger charge is -2.27. The van der Waals surface area contributed by atoms with E-state index in [1.165, 1.54) is 71.9 Å². The molecule has 2 heterocycles. The first-order valence-electron chi connectivity index (χ1n) is 18.7. The first-order chi connectivity index (χ1) is 25.7. The summed E-state index contributed by atoms with van der Waals surface area (Å²) < 4.78 is 9.32. The van der Waals surface area contributed by atoms with Gasteiger partial charge in [0.2, 0.25) is 0 Å². The molecule has 0 bridgehead atoms. The summed E-state index contributed by atoms with van der Waals surface area (Å²) in [6.45, 7) is 11.6. The van der Waals surface area contributed by atoms with Crippen LogP contribution in [0.25, 0.3) is 49.8 Å². The largest absolute Gasteiger partial charge is 0.456 e. The number of benzene rings is 7. The van der Waals surface area contributed by atoms with E-state index in [0.29, 0.717) is 0 Å². The highest BCUT2D eigenvalue weighted by Crippen LogP contribution is 2.52. The number of hydrogen-bond acceptors (Lipinski definition) is 1. The molecule has 7 aromatic carbocycles. The number of para-hydroxylation sites is 1. The van der Waals surface area contributed by atoms with E-state index in [4.69, 9.17) is 4.74 Å². The van der Waals surface area contributed by atoms with Crippen LogP contribution in [-0.2, 0) is 10.8 Å². The second-order valence-electron chi connectivity index (χ2n) is 16.2. The van der Waals surface area contributed by atoms with Crippen LogP contribution >= 0.6 is 0 Å². The Kier molecular flexibility index (Phi) is 6.82. The fourth-order valence-corrected chi connectivity index (χ4v) is 8.86. The molecule has 8 aromatic rings. The summed E-state index contributed by atoms with van der Waals surface area (Å²) in [5.74, 6) is 1.72. The SMILES string of the molecule is CC(C)(C)c1ccc2c(c1)c1cc3c(cc1n2-c1ccc2c(c1)Oc1ccccc1C2=C(c1ccccc1)c1ccccc1)C(C)(C)c1ccccc1-3. The molecule has 256 valence electrons. The van der Waals surface area contributed by atoms with E-state index in [1.54, 1.807) is 0 Å². The third kappa shape index (κ3) is 4.78. The predicted octanol–water partition coefficient (Wildman–Crippen LogP) is 13.5. The van der Waals surface area contributed by atoms with Crippen molar-refractivity contribution in [2.75, 3.05) is 0 Å². The maximum Gasteiger partial charge on any atom is 0.137 e.